The molecule has 0 atom stereocenters. The van der Waals surface area contributed by atoms with E-state index in [0.717, 1.165) is 0 Å². The molecule has 0 aliphatic heterocycles. The van der Waals surface area contributed by atoms with Gasteiger partial charge in [-0.2, -0.15) is 0 Å². The molecule has 7 nitrogen and oxygen atoms in total. The Kier molecular flexibility index (Phi) is 18.0. The molecular weight excluding hydrogens is 247 g/mol. The smallest absolute Gasteiger partial charge is 0.309 e. The summed E-state index contributed by atoms with van der Waals surface area (Å²) < 4.78 is 0.0417. The van der Waals surface area contributed by atoms with Crippen molar-refractivity contribution in [2.24, 2.45) is 28.7 Å². The van der Waals surface area contributed by atoms with Gasteiger partial charge in [0.2, 0.25) is 0 Å². The van der Waals surface area contributed by atoms with Crippen LogP contribution in [0.3, 0.4) is 0 Å². The maximum Gasteiger partial charge on any atom is 0.309 e. The Hall–Kier alpha value is -1.05. The first-order valence-corrected chi connectivity index (χ1v) is 3.57. The predicted molar refractivity (Wildman–Crippen MR) is 52.4 cm³/mol. The van der Waals surface area contributed by atoms with Crippen molar-refractivity contribution >= 4 is 44.1 Å². The quantitative estimate of drug-likeness (QED) is 0.119. The number of carbonyl (C=O) groups excluding carboxylic acids is 1. The van der Waals surface area contributed by atoms with Crippen LogP contribution in [0, 0.1) is 5.41 Å². The van der Waals surface area contributed by atoms with Crippen LogP contribution in [-0.4, -0.2) is 31.9 Å². The number of carbonyl (C=O) groups is 1. The summed E-state index contributed by atoms with van der Waals surface area (Å²) in [6, 6.07) is -0.833. The number of hydrogen-bond acceptors (Lipinski definition) is 3. The van der Waals surface area contributed by atoms with E-state index in [4.69, 9.17) is 10.2 Å². The Morgan fingerprint density at radius 3 is 1.17 bits per heavy atom. The van der Waals surface area contributed by atoms with Crippen molar-refractivity contribution in [3.05, 3.63) is 0 Å². The van der Waals surface area contributed by atoms with Crippen molar-refractivity contribution in [1.82, 2.24) is 0 Å². The minimum absolute atomic E-state index is 0.000000000000000222. The number of nitrogens with two attached hydrogens (primary N) is 5. The van der Waals surface area contributed by atoms with Gasteiger partial charge in [0.15, 0.2) is 5.11 Å². The summed E-state index contributed by atoms with van der Waals surface area (Å²) in [6.45, 7) is 0. The van der Waals surface area contributed by atoms with E-state index in [1.165, 1.54) is 0 Å². The summed E-state index contributed by atoms with van der Waals surface area (Å²) in [5.41, 5.74) is 22.4. The van der Waals surface area contributed by atoms with Crippen molar-refractivity contribution in [3.8, 4) is 0 Å². The van der Waals surface area contributed by atoms with Crippen LogP contribution < -0.4 is 28.7 Å². The maximum atomic E-state index is 9.00. The standard InChI is InChI=1S/CH4N2O.CH4N2S.CH3N2Se/c3*2-1(3)4/h2*(H4,2,3,4);(H3,2,3). The summed E-state index contributed by atoms with van der Waals surface area (Å²) in [5.74, 6) is 0. The Balaban J connectivity index is -0.000000101. The largest absolute Gasteiger partial charge is 0.377 e. The number of nitrogens with one attached hydrogen (secondary N) is 1. The van der Waals surface area contributed by atoms with Crippen molar-refractivity contribution in [3.63, 3.8) is 0 Å². The molecule has 0 unspecified atom stereocenters. The molecule has 71 valence electrons. The Labute approximate surface area is 83.3 Å². The number of primary amides is 2. The SMILES string of the molecule is N=C(N)[Se].NC(N)=O.NC(N)=S. The minimum atomic E-state index is -0.833. The molecule has 11 N–H and O–H groups in total. The third-order valence-corrected chi connectivity index (χ3v) is 0. The van der Waals surface area contributed by atoms with Gasteiger partial charge in [-0.3, -0.25) is 0 Å². The second kappa shape index (κ2) is 12.6. The molecule has 0 bridgehead atoms. The molecule has 2 amide bonds. The van der Waals surface area contributed by atoms with E-state index in [0.29, 0.717) is 0 Å². The van der Waals surface area contributed by atoms with Crippen LogP contribution >= 0.6 is 12.2 Å². The number of thiocarbonyl (C=S) groups is 1. The summed E-state index contributed by atoms with van der Waals surface area (Å²) in [4.78, 5) is 9.00. The first-order valence-electron chi connectivity index (χ1n) is 2.31. The average Bonchev–Trinajstić information content (AvgIpc) is 1.54. The molecule has 1 radical (unpaired) electrons. The third-order valence-electron chi connectivity index (χ3n) is 0. The van der Waals surface area contributed by atoms with Crippen molar-refractivity contribution in [1.29, 1.82) is 5.41 Å². The van der Waals surface area contributed by atoms with Crippen LogP contribution in [0.15, 0.2) is 0 Å². The molecule has 0 aromatic rings. The molecule has 0 aliphatic rings. The number of amides is 2. The molecule has 0 saturated carbocycles. The molecule has 12 heavy (non-hydrogen) atoms. The summed E-state index contributed by atoms with van der Waals surface area (Å²) in [6.07, 6.45) is 0. The van der Waals surface area contributed by atoms with Crippen molar-refractivity contribution in [2.75, 3.05) is 0 Å². The Morgan fingerprint density at radius 2 is 1.17 bits per heavy atom. The van der Waals surface area contributed by atoms with E-state index >= 15 is 0 Å². The third kappa shape index (κ3) is 512. The van der Waals surface area contributed by atoms with Gasteiger partial charge in [-0.05, 0) is 12.2 Å². The zero-order valence-corrected chi connectivity index (χ0v) is 8.64. The minimum Gasteiger partial charge on any atom is -0.377 e. The van der Waals surface area contributed by atoms with E-state index in [2.05, 4.69) is 56.9 Å². The molecule has 0 aromatic carbocycles. The molecule has 0 fully saturated rings. The van der Waals surface area contributed by atoms with E-state index in [1.807, 2.05) is 0 Å². The second-order valence-electron chi connectivity index (χ2n) is 1.17. The first kappa shape index (κ1) is 17.2. The molecular formula is C3H11N6OSSe. The van der Waals surface area contributed by atoms with Gasteiger partial charge in [0.1, 0.15) is 0 Å². The number of hydrogen-bond donors (Lipinski definition) is 6. The molecule has 0 aromatic heterocycles. The molecule has 0 saturated heterocycles. The van der Waals surface area contributed by atoms with Crippen LogP contribution in [0.2, 0.25) is 0 Å². The fraction of sp³-hybridized carbons (Fsp3) is 0. The molecule has 0 aliphatic carbocycles. The Morgan fingerprint density at radius 1 is 1.17 bits per heavy atom. The zero-order chi connectivity index (χ0) is 10.7. The van der Waals surface area contributed by atoms with Crippen molar-refractivity contribution < 1.29 is 4.79 Å². The Bertz CT molecular complexity index is 120. The van der Waals surface area contributed by atoms with Gasteiger partial charge in [-0.15, -0.1) is 0 Å². The van der Waals surface area contributed by atoms with E-state index in [-0.39, 0.29) is 9.85 Å². The second-order valence-corrected chi connectivity index (χ2v) is 2.56. The topological polar surface area (TPSA) is 171 Å². The van der Waals surface area contributed by atoms with Gasteiger partial charge in [0.05, 0.1) is 0 Å². The summed E-state index contributed by atoms with van der Waals surface area (Å²) in [5, 5.41) is 6.22. The summed E-state index contributed by atoms with van der Waals surface area (Å²) in [7, 11) is 0. The van der Waals surface area contributed by atoms with Crippen LogP contribution in [0.25, 0.3) is 0 Å². The van der Waals surface area contributed by atoms with E-state index in [9.17, 15) is 0 Å². The molecule has 0 heterocycles. The number of urea groups is 1. The van der Waals surface area contributed by atoms with Gasteiger partial charge in [0.25, 0.3) is 0 Å². The van der Waals surface area contributed by atoms with Gasteiger partial charge in [-0.25, -0.2) is 4.79 Å². The molecule has 0 rings (SSSR count). The first-order chi connectivity index (χ1) is 5.20. The fourth-order valence-corrected chi connectivity index (χ4v) is 0. The summed E-state index contributed by atoms with van der Waals surface area (Å²) >= 11 is 6.36. The monoisotopic (exact) mass is 259 g/mol. The van der Waals surface area contributed by atoms with Crippen LogP contribution in [0.1, 0.15) is 0 Å². The number of amidine groups is 1. The maximum absolute atomic E-state index is 9.00. The fourth-order valence-electron chi connectivity index (χ4n) is 0. The van der Waals surface area contributed by atoms with Crippen LogP contribution in [0.4, 0.5) is 4.79 Å². The van der Waals surface area contributed by atoms with Gasteiger partial charge in [-0.1, -0.05) is 0 Å². The van der Waals surface area contributed by atoms with E-state index < -0.39 is 6.03 Å². The normalized spacial score (nSPS) is 6.00. The van der Waals surface area contributed by atoms with Gasteiger partial charge < -0.3 is 22.9 Å². The molecule has 0 spiro atoms. The van der Waals surface area contributed by atoms with E-state index in [1.54, 1.807) is 0 Å². The average molecular weight is 258 g/mol. The predicted octanol–water partition coefficient (Wildman–Crippen LogP) is -2.74. The van der Waals surface area contributed by atoms with Crippen LogP contribution in [0.5, 0.6) is 0 Å². The van der Waals surface area contributed by atoms with Crippen molar-refractivity contribution in [2.45, 2.75) is 0 Å². The van der Waals surface area contributed by atoms with Crippen LogP contribution in [-0.2, 0) is 0 Å². The van der Waals surface area contributed by atoms with Gasteiger partial charge in [0, 0.05) is 0 Å². The van der Waals surface area contributed by atoms with Gasteiger partial charge >= 0.3 is 37.9 Å². The number of rotatable bonds is 0. The molecule has 9 heteroatoms. The zero-order valence-electron chi connectivity index (χ0n) is 6.11.